The number of carboxylic acid groups (broad SMARTS) is 2. The minimum Gasteiger partial charge on any atom is -0.508 e. The molecule has 0 saturated heterocycles. The maximum Gasteiger partial charge on any atom is 0.326 e. The molecule has 0 aliphatic heterocycles. The third kappa shape index (κ3) is 9.88. The average molecular weight is 511 g/mol. The Bertz CT molecular complexity index is 923. The van der Waals surface area contributed by atoms with Crippen molar-refractivity contribution in [2.45, 2.75) is 63.7 Å². The molecule has 0 aliphatic carbocycles. The molecule has 3 amide bonds. The Labute approximate surface area is 208 Å². The van der Waals surface area contributed by atoms with Crippen LogP contribution in [0.5, 0.6) is 5.75 Å². The number of aliphatic hydroxyl groups excluding tert-OH is 1. The first-order valence-electron chi connectivity index (χ1n) is 11.4. The molecule has 0 spiro atoms. The van der Waals surface area contributed by atoms with Crippen molar-refractivity contribution >= 4 is 29.7 Å². The van der Waals surface area contributed by atoms with Gasteiger partial charge in [-0.25, -0.2) is 4.79 Å². The Balaban J connectivity index is 3.07. The molecule has 0 heterocycles. The van der Waals surface area contributed by atoms with Crippen LogP contribution in [-0.4, -0.2) is 80.9 Å². The number of carboxylic acids is 2. The number of nitrogens with two attached hydrogens (primary N) is 1. The lowest BCUT2D eigenvalue weighted by Crippen LogP contribution is -2.59. The van der Waals surface area contributed by atoms with Crippen molar-refractivity contribution in [3.05, 3.63) is 29.8 Å². The highest BCUT2D eigenvalue weighted by Crippen LogP contribution is 2.13. The predicted octanol–water partition coefficient (Wildman–Crippen LogP) is -1.30. The SMILES string of the molecule is CCC(C)C(NC(=O)C(N)CO)C(=O)NC(CCC(=O)O)C(=O)NC(Cc1ccc(O)cc1)C(=O)O. The van der Waals surface area contributed by atoms with Crippen LogP contribution in [0.4, 0.5) is 0 Å². The van der Waals surface area contributed by atoms with Crippen molar-refractivity contribution < 1.29 is 44.4 Å². The summed E-state index contributed by atoms with van der Waals surface area (Å²) in [5.74, 6) is -5.53. The van der Waals surface area contributed by atoms with E-state index >= 15 is 0 Å². The summed E-state index contributed by atoms with van der Waals surface area (Å²) in [6.45, 7) is 2.78. The molecule has 13 nitrogen and oxygen atoms in total. The maximum absolute atomic E-state index is 13.0. The van der Waals surface area contributed by atoms with Gasteiger partial charge in [-0.1, -0.05) is 32.4 Å². The van der Waals surface area contributed by atoms with E-state index in [0.717, 1.165) is 0 Å². The minimum atomic E-state index is -1.41. The highest BCUT2D eigenvalue weighted by Gasteiger charge is 2.32. The van der Waals surface area contributed by atoms with Crippen molar-refractivity contribution in [1.29, 1.82) is 0 Å². The van der Waals surface area contributed by atoms with Gasteiger partial charge in [0.2, 0.25) is 17.7 Å². The molecule has 0 fully saturated rings. The highest BCUT2D eigenvalue weighted by molar-refractivity contribution is 5.94. The van der Waals surface area contributed by atoms with Crippen LogP contribution in [0.1, 0.15) is 38.7 Å². The zero-order chi connectivity index (χ0) is 27.4. The van der Waals surface area contributed by atoms with Gasteiger partial charge in [0, 0.05) is 12.8 Å². The smallest absolute Gasteiger partial charge is 0.326 e. The summed E-state index contributed by atoms with van der Waals surface area (Å²) in [5.41, 5.74) is 6.01. The summed E-state index contributed by atoms with van der Waals surface area (Å²) in [7, 11) is 0. The molecule has 1 aromatic rings. The van der Waals surface area contributed by atoms with Crippen LogP contribution in [0.3, 0.4) is 0 Å². The number of phenolic OH excluding ortho intramolecular Hbond substituents is 1. The van der Waals surface area contributed by atoms with E-state index in [1.165, 1.54) is 24.3 Å². The molecule has 36 heavy (non-hydrogen) atoms. The number of aromatic hydroxyl groups is 1. The average Bonchev–Trinajstić information content (AvgIpc) is 2.84. The number of hydrogen-bond acceptors (Lipinski definition) is 8. The molecule has 1 rings (SSSR count). The van der Waals surface area contributed by atoms with E-state index in [2.05, 4.69) is 16.0 Å². The Kier molecular flexibility index (Phi) is 12.3. The topological polar surface area (TPSA) is 228 Å². The number of carbonyl (C=O) groups is 5. The van der Waals surface area contributed by atoms with E-state index in [1.54, 1.807) is 13.8 Å². The first kappa shape index (κ1) is 30.3. The Morgan fingerprint density at radius 2 is 1.50 bits per heavy atom. The monoisotopic (exact) mass is 510 g/mol. The number of benzene rings is 1. The largest absolute Gasteiger partial charge is 0.508 e. The summed E-state index contributed by atoms with van der Waals surface area (Å²) in [6.07, 6.45) is -0.516. The standard InChI is InChI=1S/C23H34N4O9/c1-3-12(2)19(27-20(32)15(24)11-28)22(34)25-16(8-9-18(30)31)21(33)26-17(23(35)36)10-13-4-6-14(29)7-5-13/h4-7,12,15-17,19,28-29H,3,8-11,24H2,1-2H3,(H,25,34)(H,26,33)(H,27,32)(H,30,31)(H,35,36). The van der Waals surface area contributed by atoms with Gasteiger partial charge in [-0.2, -0.15) is 0 Å². The van der Waals surface area contributed by atoms with Crippen LogP contribution in [0, 0.1) is 5.92 Å². The molecule has 200 valence electrons. The molecule has 0 aromatic heterocycles. The van der Waals surface area contributed by atoms with Crippen molar-refractivity contribution in [2.24, 2.45) is 11.7 Å². The fourth-order valence-electron chi connectivity index (χ4n) is 3.18. The molecule has 5 unspecified atom stereocenters. The first-order chi connectivity index (χ1) is 16.9. The van der Waals surface area contributed by atoms with E-state index in [1.807, 2.05) is 0 Å². The number of amides is 3. The number of aliphatic hydroxyl groups is 1. The summed E-state index contributed by atoms with van der Waals surface area (Å²) < 4.78 is 0. The second kappa shape index (κ2) is 14.6. The van der Waals surface area contributed by atoms with Crippen molar-refractivity contribution in [3.63, 3.8) is 0 Å². The third-order valence-corrected chi connectivity index (χ3v) is 5.60. The van der Waals surface area contributed by atoms with Crippen molar-refractivity contribution in [1.82, 2.24) is 16.0 Å². The van der Waals surface area contributed by atoms with Gasteiger partial charge in [-0.3, -0.25) is 19.2 Å². The van der Waals surface area contributed by atoms with Gasteiger partial charge >= 0.3 is 11.9 Å². The van der Waals surface area contributed by atoms with E-state index in [-0.39, 0.29) is 18.6 Å². The molecule has 0 radical (unpaired) electrons. The van der Waals surface area contributed by atoms with Gasteiger partial charge in [0.1, 0.15) is 29.9 Å². The number of carbonyl (C=O) groups excluding carboxylic acids is 3. The Morgan fingerprint density at radius 3 is 2.00 bits per heavy atom. The molecule has 0 aliphatic rings. The zero-order valence-electron chi connectivity index (χ0n) is 20.1. The normalized spacial score (nSPS) is 15.0. The molecule has 9 N–H and O–H groups in total. The van der Waals surface area contributed by atoms with E-state index < -0.39 is 72.8 Å². The lowest BCUT2D eigenvalue weighted by Gasteiger charge is -2.27. The molecule has 5 atom stereocenters. The molecule has 0 bridgehead atoms. The minimum absolute atomic E-state index is 0.0194. The fraction of sp³-hybridized carbons (Fsp3) is 0.522. The van der Waals surface area contributed by atoms with Crippen LogP contribution >= 0.6 is 0 Å². The lowest BCUT2D eigenvalue weighted by atomic mass is 9.97. The van der Waals surface area contributed by atoms with Gasteiger partial charge in [0.15, 0.2) is 0 Å². The van der Waals surface area contributed by atoms with Crippen LogP contribution in [0.2, 0.25) is 0 Å². The fourth-order valence-corrected chi connectivity index (χ4v) is 3.18. The van der Waals surface area contributed by atoms with Gasteiger partial charge < -0.3 is 42.1 Å². The first-order valence-corrected chi connectivity index (χ1v) is 11.4. The number of nitrogens with one attached hydrogen (secondary N) is 3. The van der Waals surface area contributed by atoms with Crippen molar-refractivity contribution in [3.8, 4) is 5.75 Å². The number of hydrogen-bond donors (Lipinski definition) is 8. The maximum atomic E-state index is 13.0. The second-order valence-electron chi connectivity index (χ2n) is 8.42. The molecule has 0 saturated carbocycles. The van der Waals surface area contributed by atoms with Gasteiger partial charge in [0.25, 0.3) is 0 Å². The molecule has 1 aromatic carbocycles. The quantitative estimate of drug-likeness (QED) is 0.139. The molecular weight excluding hydrogens is 476 g/mol. The van der Waals surface area contributed by atoms with E-state index in [9.17, 15) is 34.2 Å². The van der Waals surface area contributed by atoms with Crippen molar-refractivity contribution in [2.75, 3.05) is 6.61 Å². The Morgan fingerprint density at radius 1 is 0.917 bits per heavy atom. The zero-order valence-corrected chi connectivity index (χ0v) is 20.1. The summed E-state index contributed by atoms with van der Waals surface area (Å²) in [4.78, 5) is 60.9. The van der Waals surface area contributed by atoms with Gasteiger partial charge in [-0.05, 0) is 30.0 Å². The Hall–Kier alpha value is -3.71. The predicted molar refractivity (Wildman–Crippen MR) is 127 cm³/mol. The lowest BCUT2D eigenvalue weighted by molar-refractivity contribution is -0.143. The number of rotatable bonds is 15. The van der Waals surface area contributed by atoms with E-state index in [4.69, 9.17) is 15.9 Å². The van der Waals surface area contributed by atoms with E-state index in [0.29, 0.717) is 12.0 Å². The van der Waals surface area contributed by atoms with Gasteiger partial charge in [-0.15, -0.1) is 0 Å². The summed E-state index contributed by atoms with van der Waals surface area (Å²) >= 11 is 0. The highest BCUT2D eigenvalue weighted by atomic mass is 16.4. The summed E-state index contributed by atoms with van der Waals surface area (Å²) in [5, 5.41) is 44.2. The number of phenols is 1. The van der Waals surface area contributed by atoms with Gasteiger partial charge in [0.05, 0.1) is 6.61 Å². The van der Waals surface area contributed by atoms with Crippen LogP contribution in [0.25, 0.3) is 0 Å². The third-order valence-electron chi connectivity index (χ3n) is 5.60. The number of aliphatic carboxylic acids is 2. The second-order valence-corrected chi connectivity index (χ2v) is 8.42. The van der Waals surface area contributed by atoms with Crippen LogP contribution in [0.15, 0.2) is 24.3 Å². The molecular formula is C23H34N4O9. The summed E-state index contributed by atoms with van der Waals surface area (Å²) in [6, 6.07) is 0.453. The van der Waals surface area contributed by atoms with Crippen LogP contribution < -0.4 is 21.7 Å². The van der Waals surface area contributed by atoms with Crippen LogP contribution in [-0.2, 0) is 30.4 Å². The molecule has 13 heteroatoms.